The lowest BCUT2D eigenvalue weighted by atomic mass is 10.1. The van der Waals surface area contributed by atoms with E-state index in [9.17, 15) is 26.5 Å². The van der Waals surface area contributed by atoms with Crippen LogP contribution in [0.5, 0.6) is 5.75 Å². The zero-order valence-corrected chi connectivity index (χ0v) is 15.0. The second kappa shape index (κ2) is 6.70. The molecule has 0 spiro atoms. The molecule has 0 saturated heterocycles. The van der Waals surface area contributed by atoms with E-state index < -0.39 is 25.1 Å². The molecule has 0 unspecified atom stereocenters. The Kier molecular flexibility index (Phi) is 4.70. The van der Waals surface area contributed by atoms with Crippen LogP contribution < -0.4 is 0 Å². The minimum Gasteiger partial charge on any atom is -0.744 e. The van der Waals surface area contributed by atoms with E-state index >= 15 is 0 Å². The molecule has 0 aliphatic carbocycles. The van der Waals surface area contributed by atoms with E-state index in [0.29, 0.717) is 10.8 Å². The number of benzene rings is 3. The smallest absolute Gasteiger partial charge is 0.294 e. The van der Waals surface area contributed by atoms with Crippen LogP contribution in [0.1, 0.15) is 0 Å². The Hall–Kier alpha value is -2.86. The van der Waals surface area contributed by atoms with Gasteiger partial charge in [-0.2, -0.15) is 13.5 Å². The number of hydrogen-bond donors (Lipinski definition) is 2. The van der Waals surface area contributed by atoms with Crippen LogP contribution in [0, 0.1) is 0 Å². The molecule has 0 heterocycles. The average Bonchev–Trinajstić information content (AvgIpc) is 2.59. The Morgan fingerprint density at radius 1 is 0.815 bits per heavy atom. The number of aromatic hydroxyl groups is 1. The molecular formula is C16H11N2O7S2-. The van der Waals surface area contributed by atoms with Crippen LogP contribution in [0.4, 0.5) is 11.4 Å². The van der Waals surface area contributed by atoms with Crippen molar-refractivity contribution in [3.05, 3.63) is 54.6 Å². The Bertz CT molecular complexity index is 1270. The first-order chi connectivity index (χ1) is 12.6. The summed E-state index contributed by atoms with van der Waals surface area (Å²) in [6, 6.07) is 11.2. The molecule has 3 aromatic carbocycles. The zero-order chi connectivity index (χ0) is 19.8. The number of nitrogens with zero attached hydrogens (tertiary/aromatic N) is 2. The van der Waals surface area contributed by atoms with Gasteiger partial charge in [0.2, 0.25) is 0 Å². The predicted octanol–water partition coefficient (Wildman–Crippen LogP) is 3.11. The molecule has 9 nitrogen and oxygen atoms in total. The molecule has 11 heteroatoms. The van der Waals surface area contributed by atoms with Gasteiger partial charge in [-0.3, -0.25) is 4.55 Å². The molecule has 0 radical (unpaired) electrons. The van der Waals surface area contributed by atoms with E-state index in [1.807, 2.05) is 0 Å². The van der Waals surface area contributed by atoms with Gasteiger partial charge >= 0.3 is 0 Å². The van der Waals surface area contributed by atoms with Crippen LogP contribution in [0.3, 0.4) is 0 Å². The number of hydrogen-bond acceptors (Lipinski definition) is 8. The Morgan fingerprint density at radius 3 is 2.04 bits per heavy atom. The molecular weight excluding hydrogens is 396 g/mol. The molecule has 0 atom stereocenters. The molecule has 0 amide bonds. The van der Waals surface area contributed by atoms with Crippen molar-refractivity contribution in [2.24, 2.45) is 10.2 Å². The lowest BCUT2D eigenvalue weighted by molar-refractivity contribution is 0.463. The summed E-state index contributed by atoms with van der Waals surface area (Å²) in [6.07, 6.45) is 0. The minimum absolute atomic E-state index is 0.0428. The summed E-state index contributed by atoms with van der Waals surface area (Å²) in [4.78, 5) is -0.717. The quantitative estimate of drug-likeness (QED) is 0.497. The van der Waals surface area contributed by atoms with Crippen molar-refractivity contribution in [1.29, 1.82) is 0 Å². The Labute approximate surface area is 154 Å². The standard InChI is InChI=1S/C16H12N2O7S2/c19-15-8-1-10-9-13(27(23,24)25)6-7-14(10)16(15)18-17-11-2-4-12(5-3-11)26(20,21)22/h1-9,19H,(H,20,21,22)(H,23,24,25)/p-1. The first-order valence-corrected chi connectivity index (χ1v) is 10.1. The van der Waals surface area contributed by atoms with E-state index in [1.54, 1.807) is 0 Å². The maximum Gasteiger partial charge on any atom is 0.294 e. The fraction of sp³-hybridized carbons (Fsp3) is 0. The van der Waals surface area contributed by atoms with Gasteiger partial charge in [-0.15, -0.1) is 5.11 Å². The van der Waals surface area contributed by atoms with Crippen LogP contribution in [0.25, 0.3) is 10.8 Å². The Morgan fingerprint density at radius 2 is 1.44 bits per heavy atom. The molecule has 27 heavy (non-hydrogen) atoms. The summed E-state index contributed by atoms with van der Waals surface area (Å²) in [5.74, 6) is -0.224. The third kappa shape index (κ3) is 4.11. The van der Waals surface area contributed by atoms with Gasteiger partial charge in [0.05, 0.1) is 15.5 Å². The van der Waals surface area contributed by atoms with Crippen LogP contribution >= 0.6 is 0 Å². The maximum atomic E-state index is 11.1. The molecule has 0 aliphatic heterocycles. The van der Waals surface area contributed by atoms with E-state index in [0.717, 1.165) is 24.3 Å². The lowest BCUT2D eigenvalue weighted by Crippen LogP contribution is -1.97. The molecule has 3 rings (SSSR count). The third-order valence-corrected chi connectivity index (χ3v) is 5.33. The molecule has 2 N–H and O–H groups in total. The largest absolute Gasteiger partial charge is 0.744 e. The summed E-state index contributed by atoms with van der Waals surface area (Å²) >= 11 is 0. The lowest BCUT2D eigenvalue weighted by Gasteiger charge is -2.09. The number of phenols is 1. The van der Waals surface area contributed by atoms with Gasteiger partial charge < -0.3 is 9.66 Å². The molecule has 0 aliphatic rings. The topological polar surface area (TPSA) is 157 Å². The van der Waals surface area contributed by atoms with Gasteiger partial charge in [-0.25, -0.2) is 8.42 Å². The summed E-state index contributed by atoms with van der Waals surface area (Å²) in [7, 11) is -8.95. The van der Waals surface area contributed by atoms with Gasteiger partial charge in [0, 0.05) is 5.39 Å². The van der Waals surface area contributed by atoms with Crippen molar-refractivity contribution in [2.75, 3.05) is 0 Å². The van der Waals surface area contributed by atoms with Crippen molar-refractivity contribution >= 4 is 42.4 Å². The highest BCUT2D eigenvalue weighted by molar-refractivity contribution is 7.86. The van der Waals surface area contributed by atoms with E-state index in [2.05, 4.69) is 10.2 Å². The molecule has 0 bridgehead atoms. The van der Waals surface area contributed by atoms with Crippen LogP contribution in [0.15, 0.2) is 74.6 Å². The van der Waals surface area contributed by atoms with E-state index in [4.69, 9.17) is 4.55 Å². The van der Waals surface area contributed by atoms with E-state index in [1.165, 1.54) is 30.3 Å². The third-order valence-electron chi connectivity index (χ3n) is 3.63. The number of phenolic OH excluding ortho intramolecular Hbond substituents is 1. The zero-order valence-electron chi connectivity index (χ0n) is 13.3. The van der Waals surface area contributed by atoms with Crippen molar-refractivity contribution in [3.8, 4) is 5.75 Å². The first-order valence-electron chi connectivity index (χ1n) is 7.27. The van der Waals surface area contributed by atoms with Gasteiger partial charge in [0.15, 0.2) is 0 Å². The first kappa shape index (κ1) is 18.9. The molecule has 0 fully saturated rings. The minimum atomic E-state index is -4.62. The SMILES string of the molecule is O=S(=O)([O-])c1ccc2c(N=Nc3ccc(S(=O)(=O)O)cc3)c(O)ccc2c1. The second-order valence-corrected chi connectivity index (χ2v) is 8.24. The molecule has 140 valence electrons. The van der Waals surface area contributed by atoms with Crippen molar-refractivity contribution in [2.45, 2.75) is 9.79 Å². The van der Waals surface area contributed by atoms with Crippen LogP contribution in [0.2, 0.25) is 0 Å². The van der Waals surface area contributed by atoms with Crippen LogP contribution in [-0.2, 0) is 20.2 Å². The number of azo groups is 1. The summed E-state index contributed by atoms with van der Waals surface area (Å²) in [5.41, 5.74) is 0.291. The summed E-state index contributed by atoms with van der Waals surface area (Å²) < 4.78 is 64.4. The van der Waals surface area contributed by atoms with Crippen molar-refractivity contribution < 1.29 is 31.0 Å². The normalized spacial score (nSPS) is 12.7. The van der Waals surface area contributed by atoms with Crippen LogP contribution in [-0.4, -0.2) is 31.0 Å². The Balaban J connectivity index is 2.03. The van der Waals surface area contributed by atoms with Gasteiger partial charge in [0.25, 0.3) is 10.1 Å². The number of fused-ring (bicyclic) bond motifs is 1. The fourth-order valence-electron chi connectivity index (χ4n) is 2.33. The fourth-order valence-corrected chi connectivity index (χ4v) is 3.32. The van der Waals surface area contributed by atoms with Crippen molar-refractivity contribution in [1.82, 2.24) is 0 Å². The highest BCUT2D eigenvalue weighted by atomic mass is 32.2. The second-order valence-electron chi connectivity index (χ2n) is 5.44. The summed E-state index contributed by atoms with van der Waals surface area (Å²) in [6.45, 7) is 0. The highest BCUT2D eigenvalue weighted by Crippen LogP contribution is 2.37. The average molecular weight is 407 g/mol. The van der Waals surface area contributed by atoms with Gasteiger partial charge in [0.1, 0.15) is 21.6 Å². The monoisotopic (exact) mass is 407 g/mol. The molecule has 3 aromatic rings. The van der Waals surface area contributed by atoms with Gasteiger partial charge in [-0.1, -0.05) is 12.1 Å². The molecule has 0 aromatic heterocycles. The number of rotatable bonds is 4. The predicted molar refractivity (Wildman–Crippen MR) is 94.0 cm³/mol. The van der Waals surface area contributed by atoms with Crippen molar-refractivity contribution in [3.63, 3.8) is 0 Å². The van der Waals surface area contributed by atoms with Gasteiger partial charge in [-0.05, 0) is 47.9 Å². The molecule has 0 saturated carbocycles. The van der Waals surface area contributed by atoms with E-state index in [-0.39, 0.29) is 22.0 Å². The highest BCUT2D eigenvalue weighted by Gasteiger charge is 2.10. The summed E-state index contributed by atoms with van der Waals surface area (Å²) in [5, 5.41) is 18.6. The maximum absolute atomic E-state index is 11.1.